The maximum atomic E-state index is 14.8. The van der Waals surface area contributed by atoms with Gasteiger partial charge in [0.15, 0.2) is 0 Å². The Bertz CT molecular complexity index is 1760. The maximum Gasteiger partial charge on any atom is 0.272 e. The highest BCUT2D eigenvalue weighted by atomic mass is 35.5. The second kappa shape index (κ2) is 9.78. The number of nitrogens with one attached hydrogen (secondary N) is 1. The molecule has 1 N–H and O–H groups in total. The van der Waals surface area contributed by atoms with Gasteiger partial charge in [-0.25, -0.2) is 9.37 Å². The number of anilines is 1. The molecule has 3 aromatic heterocycles. The van der Waals surface area contributed by atoms with Crippen LogP contribution in [0.4, 0.5) is 10.2 Å². The summed E-state index contributed by atoms with van der Waals surface area (Å²) in [6, 6.07) is 16.1. The smallest absolute Gasteiger partial charge is 0.272 e. The lowest BCUT2D eigenvalue weighted by atomic mass is 10.0. The number of aromatic amines is 1. The largest absolute Gasteiger partial charge is 0.353 e. The van der Waals surface area contributed by atoms with Crippen molar-refractivity contribution < 1.29 is 9.18 Å². The predicted molar refractivity (Wildman–Crippen MR) is 147 cm³/mol. The molecule has 1 amide bonds. The molecule has 0 radical (unpaired) electrons. The summed E-state index contributed by atoms with van der Waals surface area (Å²) in [6.07, 6.45) is 3.70. The third-order valence-electron chi connectivity index (χ3n) is 6.94. The molecule has 0 spiro atoms. The summed E-state index contributed by atoms with van der Waals surface area (Å²) in [7, 11) is 0. The third-order valence-corrected chi connectivity index (χ3v) is 7.70. The highest BCUT2D eigenvalue weighted by molar-refractivity contribution is 6.42. The molecule has 0 bridgehead atoms. The number of hydrogen-bond donors (Lipinski definition) is 1. The molecule has 5 aromatic rings. The van der Waals surface area contributed by atoms with Gasteiger partial charge in [0.1, 0.15) is 22.3 Å². The van der Waals surface area contributed by atoms with Gasteiger partial charge in [-0.3, -0.25) is 14.0 Å². The SMILES string of the molecule is O=C(c1cc(Cc2c[nH]c(=O)c3cc(Cl)c(Cl)n23)ccc1F)N1CCN(c2cc3ccccc3cn2)CC1. The number of H-pyrrole nitrogens is 1. The number of amides is 1. The van der Waals surface area contributed by atoms with Crippen molar-refractivity contribution >= 4 is 51.2 Å². The fraction of sp³-hybridized carbons (Fsp3) is 0.179. The predicted octanol–water partition coefficient (Wildman–Crippen LogP) is 5.17. The molecular formula is C28H22Cl2FN5O2. The van der Waals surface area contributed by atoms with E-state index in [1.54, 1.807) is 27.6 Å². The number of carbonyl (C=O) groups is 1. The van der Waals surface area contributed by atoms with E-state index in [0.717, 1.165) is 16.6 Å². The van der Waals surface area contributed by atoms with Crippen LogP contribution in [0.5, 0.6) is 0 Å². The van der Waals surface area contributed by atoms with Crippen molar-refractivity contribution in [3.05, 3.63) is 110 Å². The van der Waals surface area contributed by atoms with Gasteiger partial charge in [0.25, 0.3) is 11.5 Å². The van der Waals surface area contributed by atoms with Crippen molar-refractivity contribution in [1.29, 1.82) is 0 Å². The third kappa shape index (κ3) is 4.40. The summed E-state index contributed by atoms with van der Waals surface area (Å²) < 4.78 is 16.4. The number of rotatable bonds is 4. The maximum absolute atomic E-state index is 14.8. The molecule has 38 heavy (non-hydrogen) atoms. The van der Waals surface area contributed by atoms with Crippen molar-refractivity contribution in [2.75, 3.05) is 31.1 Å². The summed E-state index contributed by atoms with van der Waals surface area (Å²) in [5, 5.41) is 2.67. The lowest BCUT2D eigenvalue weighted by Crippen LogP contribution is -2.49. The van der Waals surface area contributed by atoms with Gasteiger partial charge in [0.05, 0.1) is 10.6 Å². The second-order valence-electron chi connectivity index (χ2n) is 9.27. The van der Waals surface area contributed by atoms with Crippen LogP contribution in [-0.4, -0.2) is 51.4 Å². The van der Waals surface area contributed by atoms with Crippen LogP contribution in [0.1, 0.15) is 21.6 Å². The number of pyridine rings is 1. The first-order valence-electron chi connectivity index (χ1n) is 12.1. The quantitative estimate of drug-likeness (QED) is 0.335. The average molecular weight is 550 g/mol. The number of halogens is 3. The minimum Gasteiger partial charge on any atom is -0.353 e. The molecule has 0 atom stereocenters. The molecule has 6 rings (SSSR count). The average Bonchev–Trinajstić information content (AvgIpc) is 3.25. The van der Waals surface area contributed by atoms with Crippen LogP contribution in [0, 0.1) is 5.82 Å². The fourth-order valence-electron chi connectivity index (χ4n) is 4.93. The summed E-state index contributed by atoms with van der Waals surface area (Å²) in [6.45, 7) is 2.10. The summed E-state index contributed by atoms with van der Waals surface area (Å²) in [4.78, 5) is 36.6. The number of carbonyl (C=O) groups excluding carboxylic acids is 1. The highest BCUT2D eigenvalue weighted by Gasteiger charge is 2.25. The van der Waals surface area contributed by atoms with Gasteiger partial charge >= 0.3 is 0 Å². The molecule has 192 valence electrons. The van der Waals surface area contributed by atoms with Crippen LogP contribution in [-0.2, 0) is 6.42 Å². The van der Waals surface area contributed by atoms with Crippen LogP contribution in [0.15, 0.2) is 71.8 Å². The van der Waals surface area contributed by atoms with E-state index in [9.17, 15) is 14.0 Å². The van der Waals surface area contributed by atoms with E-state index in [-0.39, 0.29) is 27.2 Å². The van der Waals surface area contributed by atoms with E-state index in [1.807, 2.05) is 36.5 Å². The van der Waals surface area contributed by atoms with E-state index in [4.69, 9.17) is 23.2 Å². The Hall–Kier alpha value is -3.88. The number of hydrogen-bond acceptors (Lipinski definition) is 4. The zero-order valence-corrected chi connectivity index (χ0v) is 21.6. The van der Waals surface area contributed by atoms with E-state index >= 15 is 0 Å². The van der Waals surface area contributed by atoms with E-state index < -0.39 is 5.82 Å². The number of piperazine rings is 1. The summed E-state index contributed by atoms with van der Waals surface area (Å²) in [5.41, 5.74) is 1.35. The van der Waals surface area contributed by atoms with Crippen LogP contribution in [0.3, 0.4) is 0 Å². The lowest BCUT2D eigenvalue weighted by molar-refractivity contribution is 0.0741. The van der Waals surface area contributed by atoms with Gasteiger partial charge in [0.2, 0.25) is 0 Å². The Kier molecular flexibility index (Phi) is 6.29. The summed E-state index contributed by atoms with van der Waals surface area (Å²) >= 11 is 12.5. The molecule has 7 nitrogen and oxygen atoms in total. The number of nitrogens with zero attached hydrogens (tertiary/aromatic N) is 4. The van der Waals surface area contributed by atoms with Gasteiger partial charge in [-0.05, 0) is 35.2 Å². The molecule has 2 aromatic carbocycles. The Balaban J connectivity index is 1.20. The summed E-state index contributed by atoms with van der Waals surface area (Å²) in [5.74, 6) is -0.0740. The number of aromatic nitrogens is 3. The van der Waals surface area contributed by atoms with Crippen LogP contribution < -0.4 is 10.5 Å². The Labute approximate surface area is 227 Å². The Morgan fingerprint density at radius 1 is 1.00 bits per heavy atom. The van der Waals surface area contributed by atoms with Gasteiger partial charge in [0, 0.05) is 56.1 Å². The first-order chi connectivity index (χ1) is 18.4. The lowest BCUT2D eigenvalue weighted by Gasteiger charge is -2.35. The van der Waals surface area contributed by atoms with Gasteiger partial charge in [-0.2, -0.15) is 0 Å². The molecule has 1 saturated heterocycles. The van der Waals surface area contributed by atoms with E-state index in [0.29, 0.717) is 49.4 Å². The molecule has 1 aliphatic heterocycles. The first-order valence-corrected chi connectivity index (χ1v) is 12.9. The van der Waals surface area contributed by atoms with E-state index in [1.165, 1.54) is 12.1 Å². The van der Waals surface area contributed by atoms with Crippen LogP contribution >= 0.6 is 23.2 Å². The molecule has 0 unspecified atom stereocenters. The Morgan fingerprint density at radius 2 is 1.76 bits per heavy atom. The van der Waals surface area contributed by atoms with Crippen molar-refractivity contribution in [2.45, 2.75) is 6.42 Å². The number of benzene rings is 2. The van der Waals surface area contributed by atoms with Crippen molar-refractivity contribution in [1.82, 2.24) is 19.3 Å². The topological polar surface area (TPSA) is 73.7 Å². The first kappa shape index (κ1) is 24.5. The molecular weight excluding hydrogens is 528 g/mol. The molecule has 10 heteroatoms. The number of fused-ring (bicyclic) bond motifs is 2. The molecule has 0 aliphatic carbocycles. The highest BCUT2D eigenvalue weighted by Crippen LogP contribution is 2.27. The van der Waals surface area contributed by atoms with Gasteiger partial charge < -0.3 is 14.8 Å². The van der Waals surface area contributed by atoms with Gasteiger partial charge in [-0.15, -0.1) is 0 Å². The fourth-order valence-corrected chi connectivity index (χ4v) is 5.37. The minimum absolute atomic E-state index is 0.0112. The van der Waals surface area contributed by atoms with Crippen LogP contribution in [0.2, 0.25) is 10.2 Å². The monoisotopic (exact) mass is 549 g/mol. The van der Waals surface area contributed by atoms with Crippen molar-refractivity contribution in [3.63, 3.8) is 0 Å². The van der Waals surface area contributed by atoms with Crippen molar-refractivity contribution in [3.8, 4) is 0 Å². The zero-order chi connectivity index (χ0) is 26.4. The standard InChI is InChI=1S/C28H22Cl2FN5O2/c29-22-14-24-27(37)33-16-20(36(24)26(22)30)11-17-5-6-23(31)21(12-17)28(38)35-9-7-34(8-10-35)25-13-18-3-1-2-4-19(18)15-32-25/h1-6,12-16H,7-11H2,(H,33,37). The normalized spacial score (nSPS) is 14.0. The molecule has 4 heterocycles. The Morgan fingerprint density at radius 3 is 2.55 bits per heavy atom. The molecule has 0 saturated carbocycles. The van der Waals surface area contributed by atoms with Crippen molar-refractivity contribution in [2.24, 2.45) is 0 Å². The van der Waals surface area contributed by atoms with E-state index in [2.05, 4.69) is 14.9 Å². The molecule has 1 aliphatic rings. The molecule has 1 fully saturated rings. The van der Waals surface area contributed by atoms with Crippen LogP contribution in [0.25, 0.3) is 16.3 Å². The second-order valence-corrected chi connectivity index (χ2v) is 10.0. The zero-order valence-electron chi connectivity index (χ0n) is 20.1. The van der Waals surface area contributed by atoms with Gasteiger partial charge in [-0.1, -0.05) is 53.5 Å². The minimum atomic E-state index is -0.578.